The molecule has 1 amide bonds. The number of ether oxygens (including phenoxy) is 1. The molecule has 0 unspecified atom stereocenters. The summed E-state index contributed by atoms with van der Waals surface area (Å²) in [5.41, 5.74) is 3.07. The summed E-state index contributed by atoms with van der Waals surface area (Å²) in [6.07, 6.45) is 0. The molecule has 26 heavy (non-hydrogen) atoms. The van der Waals surface area contributed by atoms with Gasteiger partial charge in [0, 0.05) is 30.6 Å². The first-order valence-electron chi connectivity index (χ1n) is 8.44. The fourth-order valence-corrected chi connectivity index (χ4v) is 3.48. The highest BCUT2D eigenvalue weighted by Crippen LogP contribution is 2.20. The summed E-state index contributed by atoms with van der Waals surface area (Å²) in [5, 5.41) is 12.4. The molecule has 134 valence electrons. The smallest absolute Gasteiger partial charge is 0.275 e. The van der Waals surface area contributed by atoms with Crippen LogP contribution in [0.4, 0.5) is 5.13 Å². The Balaban J connectivity index is 1.38. The molecule has 1 fully saturated rings. The maximum atomic E-state index is 12.4. The number of amides is 1. The van der Waals surface area contributed by atoms with Gasteiger partial charge in [0.25, 0.3) is 5.91 Å². The molecule has 7 nitrogen and oxygen atoms in total. The highest BCUT2D eigenvalue weighted by atomic mass is 32.1. The van der Waals surface area contributed by atoms with Crippen molar-refractivity contribution in [3.8, 4) is 11.3 Å². The van der Waals surface area contributed by atoms with Gasteiger partial charge in [0.05, 0.1) is 24.6 Å². The summed E-state index contributed by atoms with van der Waals surface area (Å²) in [6.45, 7) is 4.12. The van der Waals surface area contributed by atoms with Crippen molar-refractivity contribution in [2.45, 2.75) is 6.54 Å². The summed E-state index contributed by atoms with van der Waals surface area (Å²) in [5.74, 6) is -0.244. The maximum absolute atomic E-state index is 12.4. The van der Waals surface area contributed by atoms with Crippen molar-refractivity contribution in [3.05, 3.63) is 53.2 Å². The van der Waals surface area contributed by atoms with E-state index in [0.717, 1.165) is 49.8 Å². The lowest BCUT2D eigenvalue weighted by atomic mass is 10.1. The van der Waals surface area contributed by atoms with Crippen LogP contribution < -0.4 is 5.32 Å². The lowest BCUT2D eigenvalue weighted by Crippen LogP contribution is -2.35. The van der Waals surface area contributed by atoms with E-state index in [9.17, 15) is 4.79 Å². The lowest BCUT2D eigenvalue weighted by molar-refractivity contribution is 0.0337. The SMILES string of the molecule is O=C(Nc1nc(CN2CCOCC2)cs1)c1cc(-c2ccccc2)n[nH]1. The normalized spacial score (nSPS) is 15.1. The second-order valence-corrected chi connectivity index (χ2v) is 6.88. The molecule has 0 bridgehead atoms. The Hall–Kier alpha value is -2.55. The number of aromatic amines is 1. The molecule has 0 radical (unpaired) electrons. The number of aromatic nitrogens is 3. The van der Waals surface area contributed by atoms with Gasteiger partial charge in [0.1, 0.15) is 5.69 Å². The third-order valence-electron chi connectivity index (χ3n) is 4.15. The van der Waals surface area contributed by atoms with Crippen molar-refractivity contribution in [1.82, 2.24) is 20.1 Å². The van der Waals surface area contributed by atoms with Gasteiger partial charge in [-0.25, -0.2) is 4.98 Å². The van der Waals surface area contributed by atoms with Crippen molar-refractivity contribution >= 4 is 22.4 Å². The zero-order valence-electron chi connectivity index (χ0n) is 14.1. The second kappa shape index (κ2) is 7.77. The van der Waals surface area contributed by atoms with E-state index in [-0.39, 0.29) is 5.91 Å². The molecular formula is C18H19N5O2S. The van der Waals surface area contributed by atoms with E-state index in [1.54, 1.807) is 6.07 Å². The predicted octanol–water partition coefficient (Wildman–Crippen LogP) is 2.62. The lowest BCUT2D eigenvalue weighted by Gasteiger charge is -2.25. The van der Waals surface area contributed by atoms with E-state index in [2.05, 4.69) is 25.4 Å². The third-order valence-corrected chi connectivity index (χ3v) is 4.96. The zero-order valence-corrected chi connectivity index (χ0v) is 15.0. The molecule has 0 saturated carbocycles. The molecule has 1 saturated heterocycles. The van der Waals surface area contributed by atoms with E-state index in [4.69, 9.17) is 4.74 Å². The van der Waals surface area contributed by atoms with Crippen LogP contribution in [-0.4, -0.2) is 52.3 Å². The molecule has 3 aromatic rings. The Kier molecular flexibility index (Phi) is 5.05. The van der Waals surface area contributed by atoms with Crippen molar-refractivity contribution in [1.29, 1.82) is 0 Å². The van der Waals surface area contributed by atoms with Crippen molar-refractivity contribution in [2.24, 2.45) is 0 Å². The minimum atomic E-state index is -0.244. The van der Waals surface area contributed by atoms with Gasteiger partial charge in [-0.2, -0.15) is 5.10 Å². The molecule has 0 aliphatic carbocycles. The fourth-order valence-electron chi connectivity index (χ4n) is 2.78. The molecule has 1 aromatic carbocycles. The van der Waals surface area contributed by atoms with Crippen LogP contribution in [0.3, 0.4) is 0 Å². The fraction of sp³-hybridized carbons (Fsp3) is 0.278. The number of carbonyl (C=O) groups excluding carboxylic acids is 1. The minimum absolute atomic E-state index is 0.244. The largest absolute Gasteiger partial charge is 0.379 e. The quantitative estimate of drug-likeness (QED) is 0.722. The number of hydrogen-bond acceptors (Lipinski definition) is 6. The number of nitrogens with zero attached hydrogens (tertiary/aromatic N) is 3. The molecule has 3 heterocycles. The second-order valence-electron chi connectivity index (χ2n) is 6.02. The molecule has 1 aliphatic heterocycles. The van der Waals surface area contributed by atoms with E-state index >= 15 is 0 Å². The van der Waals surface area contributed by atoms with Gasteiger partial charge >= 0.3 is 0 Å². The van der Waals surface area contributed by atoms with Gasteiger partial charge in [0.15, 0.2) is 5.13 Å². The Morgan fingerprint density at radius 3 is 2.88 bits per heavy atom. The van der Waals surface area contributed by atoms with Gasteiger partial charge < -0.3 is 4.74 Å². The monoisotopic (exact) mass is 369 g/mol. The number of hydrogen-bond donors (Lipinski definition) is 2. The van der Waals surface area contributed by atoms with Crippen LogP contribution >= 0.6 is 11.3 Å². The van der Waals surface area contributed by atoms with Crippen LogP contribution in [0.2, 0.25) is 0 Å². The van der Waals surface area contributed by atoms with Crippen LogP contribution in [0.15, 0.2) is 41.8 Å². The van der Waals surface area contributed by atoms with Crippen LogP contribution in [0.1, 0.15) is 16.2 Å². The number of rotatable bonds is 5. The van der Waals surface area contributed by atoms with Gasteiger partial charge in [-0.15, -0.1) is 11.3 Å². The van der Waals surface area contributed by atoms with Crippen molar-refractivity contribution in [3.63, 3.8) is 0 Å². The number of nitrogens with one attached hydrogen (secondary N) is 2. The van der Waals surface area contributed by atoms with Crippen LogP contribution in [0.5, 0.6) is 0 Å². The van der Waals surface area contributed by atoms with Gasteiger partial charge in [-0.05, 0) is 6.07 Å². The number of benzene rings is 1. The Morgan fingerprint density at radius 2 is 2.08 bits per heavy atom. The summed E-state index contributed by atoms with van der Waals surface area (Å²) in [6, 6.07) is 11.5. The summed E-state index contributed by atoms with van der Waals surface area (Å²) in [4.78, 5) is 19.2. The van der Waals surface area contributed by atoms with Gasteiger partial charge in [0.2, 0.25) is 0 Å². The number of H-pyrrole nitrogens is 1. The number of carbonyl (C=O) groups is 1. The standard InChI is InChI=1S/C18H19N5O2S/c24-17(16-10-15(21-22-16)13-4-2-1-3-5-13)20-18-19-14(12-26-18)11-23-6-8-25-9-7-23/h1-5,10,12H,6-9,11H2,(H,21,22)(H,19,20,24). The molecule has 2 N–H and O–H groups in total. The molecule has 4 rings (SSSR count). The molecule has 8 heteroatoms. The first-order chi connectivity index (χ1) is 12.8. The van der Waals surface area contributed by atoms with Gasteiger partial charge in [-0.1, -0.05) is 30.3 Å². The molecule has 2 aromatic heterocycles. The number of thiazole rings is 1. The van der Waals surface area contributed by atoms with E-state index in [1.807, 2.05) is 35.7 Å². The first-order valence-corrected chi connectivity index (χ1v) is 9.32. The van der Waals surface area contributed by atoms with E-state index in [0.29, 0.717) is 10.8 Å². The average molecular weight is 369 g/mol. The zero-order chi connectivity index (χ0) is 17.8. The van der Waals surface area contributed by atoms with Crippen LogP contribution in [0, 0.1) is 0 Å². The van der Waals surface area contributed by atoms with E-state index in [1.165, 1.54) is 11.3 Å². The topological polar surface area (TPSA) is 83.1 Å². The average Bonchev–Trinajstić information content (AvgIpc) is 3.33. The molecule has 0 spiro atoms. The number of anilines is 1. The molecule has 1 aliphatic rings. The van der Waals surface area contributed by atoms with Crippen molar-refractivity contribution in [2.75, 3.05) is 31.6 Å². The summed E-state index contributed by atoms with van der Waals surface area (Å²) < 4.78 is 5.35. The Labute approximate surface area is 155 Å². The van der Waals surface area contributed by atoms with E-state index < -0.39 is 0 Å². The minimum Gasteiger partial charge on any atom is -0.379 e. The van der Waals surface area contributed by atoms with Crippen LogP contribution in [-0.2, 0) is 11.3 Å². The summed E-state index contributed by atoms with van der Waals surface area (Å²) >= 11 is 1.43. The third kappa shape index (κ3) is 3.98. The molecular weight excluding hydrogens is 350 g/mol. The highest BCUT2D eigenvalue weighted by molar-refractivity contribution is 7.13. The highest BCUT2D eigenvalue weighted by Gasteiger charge is 2.15. The Bertz CT molecular complexity index is 871. The number of morpholine rings is 1. The molecule has 0 atom stereocenters. The first kappa shape index (κ1) is 16.9. The maximum Gasteiger partial charge on any atom is 0.275 e. The van der Waals surface area contributed by atoms with Gasteiger partial charge in [-0.3, -0.25) is 20.1 Å². The summed E-state index contributed by atoms with van der Waals surface area (Å²) in [7, 11) is 0. The van der Waals surface area contributed by atoms with Crippen molar-refractivity contribution < 1.29 is 9.53 Å². The van der Waals surface area contributed by atoms with Crippen LogP contribution in [0.25, 0.3) is 11.3 Å². The Morgan fingerprint density at radius 1 is 1.27 bits per heavy atom. The predicted molar refractivity (Wildman–Crippen MR) is 100 cm³/mol.